The Labute approximate surface area is 270 Å². The highest BCUT2D eigenvalue weighted by Crippen LogP contribution is 2.36. The van der Waals surface area contributed by atoms with E-state index in [0.717, 1.165) is 19.2 Å². The lowest BCUT2D eigenvalue weighted by molar-refractivity contribution is -0.385. The van der Waals surface area contributed by atoms with Gasteiger partial charge in [0.2, 0.25) is 11.6 Å². The topological polar surface area (TPSA) is 122 Å². The van der Waals surface area contributed by atoms with Crippen molar-refractivity contribution < 1.29 is 18.8 Å². The van der Waals surface area contributed by atoms with Gasteiger partial charge in [0.1, 0.15) is 17.9 Å². The normalized spacial score (nSPS) is 11.5. The number of benzene rings is 4. The lowest BCUT2D eigenvalue weighted by Gasteiger charge is -2.12. The molecular formula is C31H19Br2ClN4O6. The Morgan fingerprint density at radius 1 is 1.07 bits per heavy atom. The summed E-state index contributed by atoms with van der Waals surface area (Å²) in [4.78, 5) is 29.9. The van der Waals surface area contributed by atoms with Crippen molar-refractivity contribution in [2.24, 2.45) is 5.10 Å². The number of para-hydroxylation sites is 1. The minimum atomic E-state index is -0.591. The number of nitro benzene ring substituents is 1. The first-order chi connectivity index (χ1) is 21.2. The van der Waals surface area contributed by atoms with Gasteiger partial charge in [-0.1, -0.05) is 67.7 Å². The van der Waals surface area contributed by atoms with Gasteiger partial charge in [-0.3, -0.25) is 14.9 Å². The average Bonchev–Trinajstić information content (AvgIpc) is 3.45. The zero-order valence-corrected chi connectivity index (χ0v) is 26.6. The third-order valence-electron chi connectivity index (χ3n) is 6.67. The van der Waals surface area contributed by atoms with Gasteiger partial charge >= 0.3 is 5.69 Å². The van der Waals surface area contributed by atoms with Crippen molar-refractivity contribution in [1.82, 2.24) is 9.66 Å². The average molecular weight is 739 g/mol. The quantitative estimate of drug-likeness (QED) is 0.0874. The highest BCUT2D eigenvalue weighted by molar-refractivity contribution is 9.11. The number of halogens is 3. The highest BCUT2D eigenvalue weighted by atomic mass is 79.9. The number of ether oxygens (including phenoxy) is 2. The molecule has 2 heterocycles. The molecule has 6 rings (SSSR count). The van der Waals surface area contributed by atoms with Crippen molar-refractivity contribution in [2.75, 3.05) is 7.11 Å². The van der Waals surface area contributed by atoms with Crippen LogP contribution in [0, 0.1) is 10.1 Å². The van der Waals surface area contributed by atoms with Crippen molar-refractivity contribution >= 4 is 77.2 Å². The van der Waals surface area contributed by atoms with E-state index in [-0.39, 0.29) is 40.2 Å². The summed E-state index contributed by atoms with van der Waals surface area (Å²) in [6, 6.07) is 22.1. The number of furan rings is 1. The first kappa shape index (κ1) is 29.5. The van der Waals surface area contributed by atoms with Gasteiger partial charge in [0, 0.05) is 31.2 Å². The van der Waals surface area contributed by atoms with E-state index in [1.807, 2.05) is 18.2 Å². The molecule has 0 aliphatic rings. The number of hydrogen-bond donors (Lipinski definition) is 0. The Bertz CT molecular complexity index is 2180. The largest absolute Gasteiger partial charge is 0.496 e. The molecule has 0 atom stereocenters. The van der Waals surface area contributed by atoms with Crippen LogP contribution in [0.25, 0.3) is 33.5 Å². The Hall–Kier alpha value is -4.52. The predicted molar refractivity (Wildman–Crippen MR) is 175 cm³/mol. The molecule has 6 aromatic rings. The Kier molecular flexibility index (Phi) is 8.21. The fourth-order valence-corrected chi connectivity index (χ4v) is 5.99. The van der Waals surface area contributed by atoms with E-state index in [0.29, 0.717) is 27.6 Å². The van der Waals surface area contributed by atoms with Gasteiger partial charge < -0.3 is 13.9 Å². The van der Waals surface area contributed by atoms with E-state index in [1.165, 1.54) is 18.3 Å². The van der Waals surface area contributed by atoms with Gasteiger partial charge in [0.05, 0.1) is 34.5 Å². The van der Waals surface area contributed by atoms with Gasteiger partial charge in [0.25, 0.3) is 5.56 Å². The maximum absolute atomic E-state index is 13.8. The summed E-state index contributed by atoms with van der Waals surface area (Å²) >= 11 is 13.2. The first-order valence-corrected chi connectivity index (χ1v) is 14.9. The molecule has 0 saturated carbocycles. The molecule has 0 aliphatic carbocycles. The van der Waals surface area contributed by atoms with Crippen LogP contribution in [0.4, 0.5) is 5.69 Å². The van der Waals surface area contributed by atoms with Crippen LogP contribution in [0.3, 0.4) is 0 Å². The molecule has 0 saturated heterocycles. The second kappa shape index (κ2) is 12.2. The lowest BCUT2D eigenvalue weighted by atomic mass is 10.2. The summed E-state index contributed by atoms with van der Waals surface area (Å²) in [6.45, 7) is 0.000716. The van der Waals surface area contributed by atoms with Crippen LogP contribution < -0.4 is 15.0 Å². The second-order valence-corrected chi connectivity index (χ2v) is 11.6. The summed E-state index contributed by atoms with van der Waals surface area (Å²) in [5, 5.41) is 17.6. The molecule has 44 heavy (non-hydrogen) atoms. The summed E-state index contributed by atoms with van der Waals surface area (Å²) < 4.78 is 20.2. The number of hydrogen-bond acceptors (Lipinski definition) is 8. The molecular weight excluding hydrogens is 720 g/mol. The van der Waals surface area contributed by atoms with Gasteiger partial charge in [0.15, 0.2) is 5.76 Å². The van der Waals surface area contributed by atoms with Crippen molar-refractivity contribution in [3.63, 3.8) is 0 Å². The van der Waals surface area contributed by atoms with Crippen LogP contribution in [0.2, 0.25) is 5.02 Å². The third kappa shape index (κ3) is 5.71. The fourth-order valence-electron chi connectivity index (χ4n) is 4.61. The number of nitrogens with zero attached hydrogens (tertiary/aromatic N) is 4. The second-order valence-electron chi connectivity index (χ2n) is 9.42. The zero-order valence-electron chi connectivity index (χ0n) is 22.7. The van der Waals surface area contributed by atoms with Crippen molar-refractivity contribution in [2.45, 2.75) is 6.61 Å². The van der Waals surface area contributed by atoms with Gasteiger partial charge in [-0.05, 0) is 48.5 Å². The molecule has 4 aromatic carbocycles. The summed E-state index contributed by atoms with van der Waals surface area (Å²) in [5.74, 6) is 0.884. The van der Waals surface area contributed by atoms with Gasteiger partial charge in [-0.15, -0.1) is 0 Å². The smallest absolute Gasteiger partial charge is 0.313 e. The number of fused-ring (bicyclic) bond motifs is 2. The van der Waals surface area contributed by atoms with E-state index < -0.39 is 10.5 Å². The van der Waals surface area contributed by atoms with E-state index in [9.17, 15) is 14.9 Å². The molecule has 0 fully saturated rings. The summed E-state index contributed by atoms with van der Waals surface area (Å²) in [5.41, 5.74) is 1.05. The summed E-state index contributed by atoms with van der Waals surface area (Å²) in [6.07, 6.45) is 1.27. The van der Waals surface area contributed by atoms with E-state index >= 15 is 0 Å². The van der Waals surface area contributed by atoms with Crippen molar-refractivity contribution in [1.29, 1.82) is 0 Å². The lowest BCUT2D eigenvalue weighted by Crippen LogP contribution is -2.20. The van der Waals surface area contributed by atoms with E-state index in [1.54, 1.807) is 55.6 Å². The number of aromatic nitrogens is 2. The highest BCUT2D eigenvalue weighted by Gasteiger charge is 2.22. The molecule has 0 unspecified atom stereocenters. The SMILES string of the molecule is COc1cccc2oc(-c3nc4ccccc4c(=O)n3N=Cc3cc(Cl)cc([N+](=O)[O-])c3OCc3ccc(Br)cc3Br)cc12. The molecule has 0 aliphatic heterocycles. The van der Waals surface area contributed by atoms with Crippen LogP contribution >= 0.6 is 43.5 Å². The Balaban J connectivity index is 1.50. The molecule has 10 nitrogen and oxygen atoms in total. The maximum atomic E-state index is 13.8. The van der Waals surface area contributed by atoms with Gasteiger partial charge in [-0.25, -0.2) is 4.98 Å². The standard InChI is InChI=1S/C31H19Br2ClN4O6/c1-42-26-7-4-8-27-22(26)14-28(44-27)30-36-24-6-3-2-5-21(24)31(39)37(30)35-15-18-11-20(34)13-25(38(40)41)29(18)43-16-17-9-10-19(32)12-23(17)33/h2-15H,16H2,1H3. The first-order valence-electron chi connectivity index (χ1n) is 12.9. The van der Waals surface area contributed by atoms with Gasteiger partial charge in [-0.2, -0.15) is 9.78 Å². The van der Waals surface area contributed by atoms with Crippen molar-refractivity contribution in [3.8, 4) is 23.1 Å². The zero-order chi connectivity index (χ0) is 31.0. The van der Waals surface area contributed by atoms with Crippen LogP contribution in [0.5, 0.6) is 11.5 Å². The third-order valence-corrected chi connectivity index (χ3v) is 8.12. The molecule has 0 spiro atoms. The van der Waals surface area contributed by atoms with E-state index in [2.05, 4.69) is 41.9 Å². The Morgan fingerprint density at radius 3 is 2.66 bits per heavy atom. The minimum Gasteiger partial charge on any atom is -0.496 e. The fraction of sp³-hybridized carbons (Fsp3) is 0.0645. The minimum absolute atomic E-state index is 0.000716. The molecule has 0 radical (unpaired) electrons. The monoisotopic (exact) mass is 736 g/mol. The summed E-state index contributed by atoms with van der Waals surface area (Å²) in [7, 11) is 1.55. The molecule has 0 bridgehead atoms. The molecule has 0 amide bonds. The maximum Gasteiger partial charge on any atom is 0.313 e. The van der Waals surface area contributed by atoms with Crippen molar-refractivity contribution in [3.05, 3.63) is 124 Å². The molecule has 0 N–H and O–H groups in total. The number of nitro groups is 1. The van der Waals surface area contributed by atoms with E-state index in [4.69, 9.17) is 25.5 Å². The number of methoxy groups -OCH3 is 1. The Morgan fingerprint density at radius 2 is 1.89 bits per heavy atom. The van der Waals surface area contributed by atoms with Crippen LogP contribution in [-0.2, 0) is 6.61 Å². The predicted octanol–water partition coefficient (Wildman–Crippen LogP) is 8.37. The van der Waals surface area contributed by atoms with Crippen LogP contribution in [0.1, 0.15) is 11.1 Å². The van der Waals surface area contributed by atoms with Crippen LogP contribution in [-0.4, -0.2) is 27.9 Å². The number of rotatable bonds is 8. The molecule has 13 heteroatoms. The molecule has 220 valence electrons. The molecule has 2 aromatic heterocycles. The van der Waals surface area contributed by atoms with Crippen LogP contribution in [0.15, 0.2) is 102 Å².